The molecule has 0 saturated heterocycles. The number of rotatable bonds is 8. The number of nitrogens with zero attached hydrogens (tertiary/aromatic N) is 1. The zero-order valence-corrected chi connectivity index (χ0v) is 27.4. The molecule has 0 radical (unpaired) electrons. The summed E-state index contributed by atoms with van der Waals surface area (Å²) < 4.78 is 12.6. The Morgan fingerprint density at radius 2 is 1.11 bits per heavy atom. The Labute approximate surface area is 271 Å². The zero-order valence-electron chi connectivity index (χ0n) is 25.8. The molecule has 45 heavy (non-hydrogen) atoms. The number of aromatic nitrogens is 1. The highest BCUT2D eigenvalue weighted by Gasteiger charge is 2.32. The highest BCUT2D eigenvalue weighted by atomic mass is 32.1. The van der Waals surface area contributed by atoms with Crippen molar-refractivity contribution in [2.75, 3.05) is 0 Å². The maximum absolute atomic E-state index is 13.3. The fraction of sp³-hybridized carbons (Fsp3) is 0.417. The molecule has 2 aliphatic rings. The van der Waals surface area contributed by atoms with E-state index in [-0.39, 0.29) is 47.2 Å². The number of ether oxygens (including phenoxy) is 2. The quantitative estimate of drug-likeness (QED) is 0.140. The normalized spacial score (nSPS) is 21.8. The first-order valence-corrected chi connectivity index (χ1v) is 17.3. The van der Waals surface area contributed by atoms with E-state index in [1.807, 2.05) is 12.1 Å². The van der Waals surface area contributed by atoms with Crippen molar-refractivity contribution in [3.63, 3.8) is 0 Å². The minimum atomic E-state index is -0.324. The molecule has 2 heterocycles. The number of carbonyl (C=O) groups excluding carboxylic acids is 4. The molecule has 2 aromatic carbocycles. The van der Waals surface area contributed by atoms with Gasteiger partial charge >= 0.3 is 11.9 Å². The first-order chi connectivity index (χ1) is 21.7. The molecule has 2 aliphatic carbocycles. The Hall–Kier alpha value is -3.69. The summed E-state index contributed by atoms with van der Waals surface area (Å²) in [4.78, 5) is 57.5. The molecular formula is C36H37NO6S2. The molecule has 2 saturated carbocycles. The second kappa shape index (κ2) is 13.3. The van der Waals surface area contributed by atoms with Crippen LogP contribution in [0.2, 0.25) is 0 Å². The summed E-state index contributed by atoms with van der Waals surface area (Å²) in [5.74, 6) is -0.0610. The van der Waals surface area contributed by atoms with Gasteiger partial charge in [0.1, 0.15) is 26.8 Å². The lowest BCUT2D eigenvalue weighted by atomic mass is 9.80. The van der Waals surface area contributed by atoms with Crippen molar-refractivity contribution < 1.29 is 28.7 Å². The molecule has 234 valence electrons. The minimum Gasteiger partial charge on any atom is -0.425 e. The van der Waals surface area contributed by atoms with Gasteiger partial charge in [0.25, 0.3) is 0 Å². The summed E-state index contributed by atoms with van der Waals surface area (Å²) in [5.41, 5.74) is 2.51. The van der Waals surface area contributed by atoms with Crippen molar-refractivity contribution in [2.24, 2.45) is 23.7 Å². The van der Waals surface area contributed by atoms with Crippen molar-refractivity contribution >= 4 is 56.4 Å². The number of ketones is 2. The van der Waals surface area contributed by atoms with Crippen molar-refractivity contribution in [3.05, 3.63) is 53.4 Å². The van der Waals surface area contributed by atoms with Gasteiger partial charge in [-0.3, -0.25) is 19.2 Å². The molecule has 4 aromatic rings. The number of benzene rings is 2. The summed E-state index contributed by atoms with van der Waals surface area (Å²) in [5, 5.41) is 0.726. The first-order valence-electron chi connectivity index (χ1n) is 15.7. The van der Waals surface area contributed by atoms with Gasteiger partial charge < -0.3 is 9.47 Å². The maximum atomic E-state index is 13.3. The van der Waals surface area contributed by atoms with E-state index in [0.717, 1.165) is 16.1 Å². The number of esters is 2. The standard InChI is InChI=1S/C36H37NO6S2/c1-20-4-19-31(44-20)25-9-11-26(12-10-25)34-37-32-29(42-35(40)27-13-5-23(6-14-27)21(2)38)17-18-30(33(32)45-34)43-36(41)28-15-7-24(8-16-28)22(3)39/h4,9-12,17-19,23-24,27-28H,5-8,13-16H2,1-3H3. The van der Waals surface area contributed by atoms with Gasteiger partial charge in [0.2, 0.25) is 0 Å². The van der Waals surface area contributed by atoms with Crippen LogP contribution < -0.4 is 9.47 Å². The van der Waals surface area contributed by atoms with Crippen molar-refractivity contribution in [1.29, 1.82) is 0 Å². The van der Waals surface area contributed by atoms with E-state index in [4.69, 9.17) is 14.5 Å². The second-order valence-corrected chi connectivity index (χ2v) is 14.7. The van der Waals surface area contributed by atoms with Crippen LogP contribution in [-0.2, 0) is 19.2 Å². The topological polar surface area (TPSA) is 99.6 Å². The Kier molecular flexibility index (Phi) is 9.28. The summed E-state index contributed by atoms with van der Waals surface area (Å²) in [7, 11) is 0. The number of hydrogen-bond donors (Lipinski definition) is 0. The van der Waals surface area contributed by atoms with Gasteiger partial charge in [-0.25, -0.2) is 4.98 Å². The summed E-state index contributed by atoms with van der Waals surface area (Å²) in [6, 6.07) is 15.8. The van der Waals surface area contributed by atoms with Gasteiger partial charge in [-0.05, 0) is 102 Å². The maximum Gasteiger partial charge on any atom is 0.314 e. The molecule has 0 aliphatic heterocycles. The van der Waals surface area contributed by atoms with Gasteiger partial charge in [-0.1, -0.05) is 24.3 Å². The van der Waals surface area contributed by atoms with Crippen molar-refractivity contribution in [1.82, 2.24) is 4.98 Å². The molecule has 0 amide bonds. The van der Waals surface area contributed by atoms with Crippen LogP contribution in [0.3, 0.4) is 0 Å². The van der Waals surface area contributed by atoms with Gasteiger partial charge in [0.05, 0.1) is 11.8 Å². The third kappa shape index (κ3) is 6.94. The molecule has 0 bridgehead atoms. The van der Waals surface area contributed by atoms with Gasteiger partial charge in [0.15, 0.2) is 11.5 Å². The molecule has 0 atom stereocenters. The van der Waals surface area contributed by atoms with E-state index < -0.39 is 0 Å². The Morgan fingerprint density at radius 1 is 0.622 bits per heavy atom. The molecule has 9 heteroatoms. The largest absolute Gasteiger partial charge is 0.425 e. The third-order valence-corrected chi connectivity index (χ3v) is 11.5. The lowest BCUT2D eigenvalue weighted by Gasteiger charge is -2.25. The average molecular weight is 644 g/mol. The first kappa shape index (κ1) is 31.3. The van der Waals surface area contributed by atoms with E-state index in [1.54, 1.807) is 37.3 Å². The smallest absolute Gasteiger partial charge is 0.314 e. The molecule has 2 aromatic heterocycles. The number of carbonyl (C=O) groups is 4. The number of thiophene rings is 1. The third-order valence-electron chi connectivity index (χ3n) is 9.32. The van der Waals surface area contributed by atoms with E-state index in [9.17, 15) is 19.2 Å². The highest BCUT2D eigenvalue weighted by molar-refractivity contribution is 7.22. The van der Waals surface area contributed by atoms with E-state index in [2.05, 4.69) is 31.2 Å². The molecular weight excluding hydrogens is 607 g/mol. The van der Waals surface area contributed by atoms with Crippen LogP contribution in [0.1, 0.15) is 70.1 Å². The Balaban J connectivity index is 1.27. The van der Waals surface area contributed by atoms with Crippen LogP contribution in [0.5, 0.6) is 11.5 Å². The van der Waals surface area contributed by atoms with Crippen molar-refractivity contribution in [2.45, 2.75) is 72.1 Å². The summed E-state index contributed by atoms with van der Waals surface area (Å²) >= 11 is 3.14. The molecule has 6 rings (SSSR count). The van der Waals surface area contributed by atoms with Crippen LogP contribution in [0.4, 0.5) is 0 Å². The van der Waals surface area contributed by atoms with Gasteiger partial charge in [0, 0.05) is 27.2 Å². The number of fused-ring (bicyclic) bond motifs is 1. The molecule has 0 N–H and O–H groups in total. The monoisotopic (exact) mass is 643 g/mol. The number of Topliss-reactive ketones (excluding diaryl/α,β-unsaturated/α-hetero) is 2. The number of thiazole rings is 1. The van der Waals surface area contributed by atoms with Crippen LogP contribution >= 0.6 is 22.7 Å². The average Bonchev–Trinajstić information content (AvgIpc) is 3.70. The molecule has 7 nitrogen and oxygen atoms in total. The Bertz CT molecular complexity index is 1650. The molecule has 0 unspecified atom stereocenters. The van der Waals surface area contributed by atoms with E-state index >= 15 is 0 Å². The predicted octanol–water partition coefficient (Wildman–Crippen LogP) is 8.60. The predicted molar refractivity (Wildman–Crippen MR) is 177 cm³/mol. The van der Waals surface area contributed by atoms with E-state index in [0.29, 0.717) is 73.1 Å². The van der Waals surface area contributed by atoms with Crippen molar-refractivity contribution in [3.8, 4) is 32.5 Å². The van der Waals surface area contributed by atoms with Crippen LogP contribution in [0.25, 0.3) is 31.2 Å². The lowest BCUT2D eigenvalue weighted by Crippen LogP contribution is -2.28. The summed E-state index contributed by atoms with van der Waals surface area (Å²) in [6.45, 7) is 5.32. The van der Waals surface area contributed by atoms with Crippen LogP contribution in [0, 0.1) is 30.6 Å². The highest BCUT2D eigenvalue weighted by Crippen LogP contribution is 2.42. The zero-order chi connectivity index (χ0) is 31.7. The second-order valence-electron chi connectivity index (χ2n) is 12.4. The molecule has 0 spiro atoms. The van der Waals surface area contributed by atoms with E-state index in [1.165, 1.54) is 21.1 Å². The SMILES string of the molecule is CC(=O)C1CCC(C(=O)Oc2ccc(OC(=O)C3CCC(C(C)=O)CC3)c3sc(-c4ccc(-c5ccc(C)s5)cc4)nc23)CC1. The number of hydrogen-bond acceptors (Lipinski definition) is 9. The van der Waals surface area contributed by atoms with Crippen LogP contribution in [0.15, 0.2) is 48.5 Å². The summed E-state index contributed by atoms with van der Waals surface area (Å²) in [6.07, 6.45) is 5.25. The van der Waals surface area contributed by atoms with Gasteiger partial charge in [-0.15, -0.1) is 22.7 Å². The fourth-order valence-corrected chi connectivity index (χ4v) is 8.38. The number of aryl methyl sites for hydroxylation is 1. The minimum absolute atomic E-state index is 0.0172. The Morgan fingerprint density at radius 3 is 1.62 bits per heavy atom. The van der Waals surface area contributed by atoms with Gasteiger partial charge in [-0.2, -0.15) is 0 Å². The van der Waals surface area contributed by atoms with Crippen LogP contribution in [-0.4, -0.2) is 28.5 Å². The lowest BCUT2D eigenvalue weighted by molar-refractivity contribution is -0.141. The fourth-order valence-electron chi connectivity index (χ4n) is 6.47. The molecule has 2 fully saturated rings.